The predicted molar refractivity (Wildman–Crippen MR) is 64.1 cm³/mol. The Bertz CT molecular complexity index is 339. The number of aliphatic hydroxyl groups excluding tert-OH is 1. The van der Waals surface area contributed by atoms with E-state index in [9.17, 15) is 5.11 Å². The molecule has 1 fully saturated rings. The Morgan fingerprint density at radius 1 is 1.56 bits per heavy atom. The van der Waals surface area contributed by atoms with Crippen molar-refractivity contribution in [3.63, 3.8) is 0 Å². The Labute approximate surface area is 96.1 Å². The molecule has 88 valence electrons. The summed E-state index contributed by atoms with van der Waals surface area (Å²) in [5.41, 5.74) is 6.58. The first-order valence-electron chi connectivity index (χ1n) is 5.78. The maximum atomic E-state index is 9.66. The van der Waals surface area contributed by atoms with E-state index in [0.29, 0.717) is 12.5 Å². The van der Waals surface area contributed by atoms with E-state index >= 15 is 0 Å². The molecule has 1 aliphatic rings. The Hall–Kier alpha value is -1.13. The van der Waals surface area contributed by atoms with Gasteiger partial charge in [-0.2, -0.15) is 0 Å². The molecule has 0 saturated carbocycles. The lowest BCUT2D eigenvalue weighted by Crippen LogP contribution is -2.42. The molecule has 3 N–H and O–H groups in total. The highest BCUT2D eigenvalue weighted by atomic mass is 16.3. The summed E-state index contributed by atoms with van der Waals surface area (Å²) in [6.45, 7) is 4.35. The number of nitrogens with two attached hydrogens (primary N) is 1. The van der Waals surface area contributed by atoms with Crippen LogP contribution in [-0.4, -0.2) is 29.3 Å². The number of pyridine rings is 1. The van der Waals surface area contributed by atoms with Gasteiger partial charge in [0.05, 0.1) is 6.10 Å². The number of piperidine rings is 1. The third kappa shape index (κ3) is 2.33. The Morgan fingerprint density at radius 2 is 2.38 bits per heavy atom. The average Bonchev–Trinajstić information content (AvgIpc) is 2.33. The summed E-state index contributed by atoms with van der Waals surface area (Å²) in [7, 11) is 0. The number of aromatic nitrogens is 1. The van der Waals surface area contributed by atoms with Crippen molar-refractivity contribution in [3.8, 4) is 0 Å². The minimum absolute atomic E-state index is 0.167. The molecule has 16 heavy (non-hydrogen) atoms. The van der Waals surface area contributed by atoms with Gasteiger partial charge in [0.1, 0.15) is 5.82 Å². The van der Waals surface area contributed by atoms with E-state index in [-0.39, 0.29) is 6.10 Å². The van der Waals surface area contributed by atoms with Crippen LogP contribution in [0.3, 0.4) is 0 Å². The molecule has 0 amide bonds. The second-order valence-electron chi connectivity index (χ2n) is 4.51. The number of nitrogens with zero attached hydrogens (tertiary/aromatic N) is 2. The highest BCUT2D eigenvalue weighted by Gasteiger charge is 2.24. The van der Waals surface area contributed by atoms with E-state index in [1.165, 1.54) is 0 Å². The van der Waals surface area contributed by atoms with Gasteiger partial charge in [0.2, 0.25) is 0 Å². The van der Waals surface area contributed by atoms with Crippen molar-refractivity contribution in [2.24, 2.45) is 11.7 Å². The summed E-state index contributed by atoms with van der Waals surface area (Å²) >= 11 is 0. The van der Waals surface area contributed by atoms with Crippen molar-refractivity contribution < 1.29 is 5.11 Å². The molecule has 0 bridgehead atoms. The molecule has 0 radical (unpaired) electrons. The lowest BCUT2D eigenvalue weighted by Gasteiger charge is -2.35. The summed E-state index contributed by atoms with van der Waals surface area (Å²) in [5, 5.41) is 9.66. The van der Waals surface area contributed by atoms with Crippen LogP contribution in [0.15, 0.2) is 18.3 Å². The third-order valence-electron chi connectivity index (χ3n) is 3.23. The standard InChI is InChI=1S/C12H19N3O/c1-9-8-15(5-4-11(9)16)12-3-2-10(6-13)7-14-12/h2-3,7,9,11,16H,4-6,8,13H2,1H3. The maximum Gasteiger partial charge on any atom is 0.128 e. The first-order valence-corrected chi connectivity index (χ1v) is 5.78. The predicted octanol–water partition coefficient (Wildman–Crippen LogP) is 0.747. The van der Waals surface area contributed by atoms with Gasteiger partial charge in [-0.3, -0.25) is 0 Å². The molecule has 0 aromatic carbocycles. The molecule has 2 rings (SSSR count). The van der Waals surface area contributed by atoms with Gasteiger partial charge in [-0.1, -0.05) is 13.0 Å². The second-order valence-corrected chi connectivity index (χ2v) is 4.51. The second kappa shape index (κ2) is 4.80. The molecule has 1 aromatic heterocycles. The Morgan fingerprint density at radius 3 is 2.94 bits per heavy atom. The summed E-state index contributed by atoms with van der Waals surface area (Å²) in [5.74, 6) is 1.29. The lowest BCUT2D eigenvalue weighted by atomic mass is 9.97. The number of hydrogen-bond donors (Lipinski definition) is 2. The fraction of sp³-hybridized carbons (Fsp3) is 0.583. The summed E-state index contributed by atoms with van der Waals surface area (Å²) < 4.78 is 0. The number of hydrogen-bond acceptors (Lipinski definition) is 4. The molecule has 4 nitrogen and oxygen atoms in total. The molecule has 0 spiro atoms. The van der Waals surface area contributed by atoms with Gasteiger partial charge < -0.3 is 15.7 Å². The monoisotopic (exact) mass is 221 g/mol. The number of rotatable bonds is 2. The van der Waals surface area contributed by atoms with Gasteiger partial charge >= 0.3 is 0 Å². The smallest absolute Gasteiger partial charge is 0.128 e. The summed E-state index contributed by atoms with van der Waals surface area (Å²) in [6.07, 6.45) is 2.48. The van der Waals surface area contributed by atoms with E-state index in [0.717, 1.165) is 30.9 Å². The quantitative estimate of drug-likeness (QED) is 0.773. The van der Waals surface area contributed by atoms with Crippen LogP contribution in [0.4, 0.5) is 5.82 Å². The van der Waals surface area contributed by atoms with E-state index in [2.05, 4.69) is 16.8 Å². The minimum Gasteiger partial charge on any atom is -0.393 e. The topological polar surface area (TPSA) is 62.4 Å². The van der Waals surface area contributed by atoms with E-state index < -0.39 is 0 Å². The van der Waals surface area contributed by atoms with Crippen LogP contribution in [0.5, 0.6) is 0 Å². The fourth-order valence-corrected chi connectivity index (χ4v) is 2.07. The highest BCUT2D eigenvalue weighted by molar-refractivity contribution is 5.40. The zero-order chi connectivity index (χ0) is 11.5. The molecular weight excluding hydrogens is 202 g/mol. The fourth-order valence-electron chi connectivity index (χ4n) is 2.07. The van der Waals surface area contributed by atoms with Crippen LogP contribution < -0.4 is 10.6 Å². The van der Waals surface area contributed by atoms with Gasteiger partial charge in [-0.25, -0.2) is 4.98 Å². The van der Waals surface area contributed by atoms with E-state index in [1.807, 2.05) is 18.3 Å². The van der Waals surface area contributed by atoms with Gasteiger partial charge in [0, 0.05) is 25.8 Å². The van der Waals surface area contributed by atoms with Crippen molar-refractivity contribution in [1.82, 2.24) is 4.98 Å². The highest BCUT2D eigenvalue weighted by Crippen LogP contribution is 2.21. The zero-order valence-corrected chi connectivity index (χ0v) is 9.63. The van der Waals surface area contributed by atoms with Gasteiger partial charge in [-0.05, 0) is 24.0 Å². The Balaban J connectivity index is 2.06. The average molecular weight is 221 g/mol. The molecule has 2 unspecified atom stereocenters. The van der Waals surface area contributed by atoms with Crippen LogP contribution in [-0.2, 0) is 6.54 Å². The molecule has 0 aliphatic carbocycles. The Kier molecular flexibility index (Phi) is 3.41. The number of anilines is 1. The molecule has 2 atom stereocenters. The van der Waals surface area contributed by atoms with Crippen LogP contribution in [0.1, 0.15) is 18.9 Å². The van der Waals surface area contributed by atoms with Crippen molar-refractivity contribution in [2.45, 2.75) is 26.0 Å². The molecular formula is C12H19N3O. The summed E-state index contributed by atoms with van der Waals surface area (Å²) in [4.78, 5) is 6.62. The molecule has 1 aliphatic heterocycles. The van der Waals surface area contributed by atoms with Gasteiger partial charge in [0.15, 0.2) is 0 Å². The number of aliphatic hydroxyl groups is 1. The van der Waals surface area contributed by atoms with Gasteiger partial charge in [0.25, 0.3) is 0 Å². The van der Waals surface area contributed by atoms with Crippen molar-refractivity contribution in [3.05, 3.63) is 23.9 Å². The molecule has 2 heterocycles. The largest absolute Gasteiger partial charge is 0.393 e. The van der Waals surface area contributed by atoms with Gasteiger partial charge in [-0.15, -0.1) is 0 Å². The third-order valence-corrected chi connectivity index (χ3v) is 3.23. The van der Waals surface area contributed by atoms with Crippen molar-refractivity contribution in [1.29, 1.82) is 0 Å². The van der Waals surface area contributed by atoms with Crippen LogP contribution in [0, 0.1) is 5.92 Å². The van der Waals surface area contributed by atoms with E-state index in [4.69, 9.17) is 5.73 Å². The van der Waals surface area contributed by atoms with Crippen LogP contribution in [0.25, 0.3) is 0 Å². The summed E-state index contributed by atoms with van der Waals surface area (Å²) in [6, 6.07) is 4.02. The van der Waals surface area contributed by atoms with Crippen LogP contribution >= 0.6 is 0 Å². The first-order chi connectivity index (χ1) is 7.70. The first kappa shape index (κ1) is 11.4. The SMILES string of the molecule is CC1CN(c2ccc(CN)cn2)CCC1O. The molecule has 1 saturated heterocycles. The zero-order valence-electron chi connectivity index (χ0n) is 9.63. The van der Waals surface area contributed by atoms with Crippen molar-refractivity contribution >= 4 is 5.82 Å². The normalized spacial score (nSPS) is 25.8. The minimum atomic E-state index is -0.167. The lowest BCUT2D eigenvalue weighted by molar-refractivity contribution is 0.0969. The van der Waals surface area contributed by atoms with Crippen molar-refractivity contribution in [2.75, 3.05) is 18.0 Å². The maximum absolute atomic E-state index is 9.66. The molecule has 1 aromatic rings. The van der Waals surface area contributed by atoms with Crippen LogP contribution in [0.2, 0.25) is 0 Å². The molecule has 4 heteroatoms. The van der Waals surface area contributed by atoms with E-state index in [1.54, 1.807) is 0 Å².